The molecule has 13 heteroatoms. The van der Waals surface area contributed by atoms with Crippen molar-refractivity contribution in [2.45, 2.75) is 49.5 Å². The van der Waals surface area contributed by atoms with E-state index >= 15 is 13.2 Å². The van der Waals surface area contributed by atoms with Crippen LogP contribution in [0.15, 0.2) is 52.8 Å². The van der Waals surface area contributed by atoms with Gasteiger partial charge in [-0.2, -0.15) is 23.3 Å². The molecule has 2 fully saturated rings. The first kappa shape index (κ1) is 29.8. The quantitative estimate of drug-likeness (QED) is 0.287. The van der Waals surface area contributed by atoms with Gasteiger partial charge in [0.25, 0.3) is 0 Å². The first-order valence-electron chi connectivity index (χ1n) is 15.1. The van der Waals surface area contributed by atoms with Crippen LogP contribution in [0.3, 0.4) is 0 Å². The van der Waals surface area contributed by atoms with Gasteiger partial charge in [-0.15, -0.1) is 11.8 Å². The number of nitrogens with zero attached hydrogens (tertiary/aromatic N) is 7. The number of aryl methyl sites for hydroxylation is 1. The van der Waals surface area contributed by atoms with Gasteiger partial charge >= 0.3 is 11.9 Å². The molecular weight excluding hydrogens is 603 g/mol. The Morgan fingerprint density at radius 1 is 1.16 bits per heavy atom. The van der Waals surface area contributed by atoms with Gasteiger partial charge in [-0.3, -0.25) is 14.0 Å². The number of para-hydroxylation sites is 1. The van der Waals surface area contributed by atoms with Gasteiger partial charge in [-0.25, -0.2) is 4.79 Å². The maximum absolute atomic E-state index is 15.2. The molecule has 0 bridgehead atoms. The summed E-state index contributed by atoms with van der Waals surface area (Å²) in [5.41, 5.74) is 0.306. The number of hydrogen-bond acceptors (Lipinski definition) is 7. The molecule has 0 N–H and O–H groups in total. The summed E-state index contributed by atoms with van der Waals surface area (Å²) in [5, 5.41) is 5.35. The molecule has 9 nitrogen and oxygen atoms in total. The third-order valence-corrected chi connectivity index (χ3v) is 10.6. The number of fused-ring (bicyclic) bond motifs is 1. The van der Waals surface area contributed by atoms with Crippen molar-refractivity contribution in [3.8, 4) is 11.1 Å². The average Bonchev–Trinajstić information content (AvgIpc) is 3.37. The van der Waals surface area contributed by atoms with Crippen LogP contribution >= 0.6 is 11.8 Å². The summed E-state index contributed by atoms with van der Waals surface area (Å²) in [6.07, 6.45) is -0.697. The minimum Gasteiger partial charge on any atom is -0.349 e. The van der Waals surface area contributed by atoms with E-state index in [4.69, 9.17) is 0 Å². The molecule has 2 saturated heterocycles. The van der Waals surface area contributed by atoms with Crippen molar-refractivity contribution in [3.63, 3.8) is 0 Å². The van der Waals surface area contributed by atoms with E-state index in [0.29, 0.717) is 52.3 Å². The lowest BCUT2D eigenvalue weighted by atomic mass is 9.94. The highest BCUT2D eigenvalue weighted by atomic mass is 32.2. The zero-order chi connectivity index (χ0) is 31.8. The zero-order valence-corrected chi connectivity index (χ0v) is 26.2. The van der Waals surface area contributed by atoms with E-state index in [1.54, 1.807) is 39.5 Å². The van der Waals surface area contributed by atoms with Crippen LogP contribution in [0, 0.1) is 0 Å². The minimum atomic E-state index is -4.69. The van der Waals surface area contributed by atoms with Gasteiger partial charge < -0.3 is 14.7 Å². The molecule has 45 heavy (non-hydrogen) atoms. The molecule has 4 aromatic rings. The molecule has 3 aliphatic rings. The molecule has 2 aromatic carbocycles. The maximum atomic E-state index is 15.2. The second-order valence-electron chi connectivity index (χ2n) is 12.3. The normalized spacial score (nSPS) is 22.2. The number of likely N-dealkylation sites (tertiary alicyclic amines) is 1. The molecule has 0 spiro atoms. The SMILES string of the molecule is C=CC(=O)N1C[C@H](C)N(c2nc(=O)n3c4c(c(-c5cccc6cnn(C)c56)c(C(F)(F)F)cc24)SCC3CN2CCC2)C[C@H]1C. The minimum absolute atomic E-state index is 0.0599. The van der Waals surface area contributed by atoms with E-state index in [0.717, 1.165) is 24.9 Å². The predicted molar refractivity (Wildman–Crippen MR) is 170 cm³/mol. The molecule has 236 valence electrons. The maximum Gasteiger partial charge on any atom is 0.417 e. The Morgan fingerprint density at radius 3 is 2.62 bits per heavy atom. The lowest BCUT2D eigenvalue weighted by molar-refractivity contribution is -0.137. The number of halogens is 3. The number of thioether (sulfide) groups is 1. The third-order valence-electron chi connectivity index (χ3n) is 9.40. The fraction of sp³-hybridized carbons (Fsp3) is 0.438. The van der Waals surface area contributed by atoms with Crippen LogP contribution < -0.4 is 10.6 Å². The largest absolute Gasteiger partial charge is 0.417 e. The number of alkyl halides is 3. The van der Waals surface area contributed by atoms with E-state index in [2.05, 4.69) is 21.6 Å². The van der Waals surface area contributed by atoms with Crippen molar-refractivity contribution in [1.29, 1.82) is 0 Å². The van der Waals surface area contributed by atoms with Gasteiger partial charge in [0, 0.05) is 71.3 Å². The summed E-state index contributed by atoms with van der Waals surface area (Å²) in [5.74, 6) is 0.460. The number of hydrogen-bond donors (Lipinski definition) is 0. The summed E-state index contributed by atoms with van der Waals surface area (Å²) < 4.78 is 48.8. The average molecular weight is 638 g/mol. The van der Waals surface area contributed by atoms with Gasteiger partial charge in [0.15, 0.2) is 0 Å². The zero-order valence-electron chi connectivity index (χ0n) is 25.3. The summed E-state index contributed by atoms with van der Waals surface area (Å²) in [4.78, 5) is 37.4. The van der Waals surface area contributed by atoms with E-state index in [1.807, 2.05) is 24.8 Å². The Hall–Kier alpha value is -3.84. The Labute approximate surface area is 262 Å². The highest BCUT2D eigenvalue weighted by Crippen LogP contribution is 2.51. The van der Waals surface area contributed by atoms with Gasteiger partial charge in [0.1, 0.15) is 5.82 Å². The lowest BCUT2D eigenvalue weighted by Gasteiger charge is -2.45. The standard InChI is InChI=1S/C32H34F3N7O2S/c1-5-25(43)40-14-19(3)41(15-18(40)2)30-23-12-24(32(33,34)35)26(22-9-6-8-20-13-36-38(4)27(20)22)29-28(23)42(31(44)37-30)21(17-45-29)16-39-10-7-11-39/h5-6,8-9,12-13,18-19,21H,1,7,10-11,14-17H2,2-4H3/t18-,19+,21?/m1/s1. The molecule has 2 aromatic heterocycles. The van der Waals surface area contributed by atoms with E-state index in [-0.39, 0.29) is 35.4 Å². The molecule has 3 atom stereocenters. The number of rotatable bonds is 5. The van der Waals surface area contributed by atoms with Crippen LogP contribution in [0.5, 0.6) is 0 Å². The molecule has 0 saturated carbocycles. The molecule has 0 radical (unpaired) electrons. The van der Waals surface area contributed by atoms with Crippen molar-refractivity contribution in [2.24, 2.45) is 7.05 Å². The van der Waals surface area contributed by atoms with Gasteiger partial charge in [0.2, 0.25) is 5.91 Å². The number of anilines is 1. The van der Waals surface area contributed by atoms with Crippen LogP contribution in [-0.4, -0.2) is 85.6 Å². The van der Waals surface area contributed by atoms with Crippen molar-refractivity contribution < 1.29 is 18.0 Å². The summed E-state index contributed by atoms with van der Waals surface area (Å²) in [7, 11) is 1.72. The van der Waals surface area contributed by atoms with E-state index in [1.165, 1.54) is 23.9 Å². The summed E-state index contributed by atoms with van der Waals surface area (Å²) in [6.45, 7) is 10.5. The first-order valence-corrected chi connectivity index (χ1v) is 16.1. The van der Waals surface area contributed by atoms with Crippen LogP contribution in [0.25, 0.3) is 32.9 Å². The Kier molecular flexibility index (Phi) is 7.23. The highest BCUT2D eigenvalue weighted by Gasteiger charge is 2.41. The van der Waals surface area contributed by atoms with Crippen LogP contribution in [-0.2, 0) is 18.0 Å². The molecule has 5 heterocycles. The van der Waals surface area contributed by atoms with Gasteiger partial charge in [-0.05, 0) is 45.5 Å². The Morgan fingerprint density at radius 2 is 1.93 bits per heavy atom. The Balaban J connectivity index is 1.52. The third kappa shape index (κ3) is 4.82. The van der Waals surface area contributed by atoms with Crippen molar-refractivity contribution in [2.75, 3.05) is 43.4 Å². The fourth-order valence-corrected chi connectivity index (χ4v) is 8.40. The lowest BCUT2D eigenvalue weighted by Crippen LogP contribution is -2.58. The predicted octanol–water partition coefficient (Wildman–Crippen LogP) is 4.93. The van der Waals surface area contributed by atoms with Crippen molar-refractivity contribution >= 4 is 45.3 Å². The van der Waals surface area contributed by atoms with E-state index in [9.17, 15) is 9.59 Å². The summed E-state index contributed by atoms with van der Waals surface area (Å²) >= 11 is 1.38. The van der Waals surface area contributed by atoms with Crippen LogP contribution in [0.4, 0.5) is 19.0 Å². The summed E-state index contributed by atoms with van der Waals surface area (Å²) in [6, 6.07) is 5.66. The molecule has 7 rings (SSSR count). The number of amides is 1. The number of piperazine rings is 1. The van der Waals surface area contributed by atoms with Crippen LogP contribution in [0.1, 0.15) is 31.9 Å². The molecule has 1 amide bonds. The number of carbonyl (C=O) groups excluding carboxylic acids is 1. The second kappa shape index (κ2) is 10.9. The van der Waals surface area contributed by atoms with Crippen molar-refractivity contribution in [1.82, 2.24) is 29.1 Å². The highest BCUT2D eigenvalue weighted by molar-refractivity contribution is 7.99. The number of aromatic nitrogens is 4. The molecular formula is C32H34F3N7O2S. The molecule has 0 aliphatic carbocycles. The number of benzene rings is 2. The molecule has 1 unspecified atom stereocenters. The first-order chi connectivity index (χ1) is 21.5. The smallest absolute Gasteiger partial charge is 0.349 e. The van der Waals surface area contributed by atoms with Gasteiger partial charge in [-0.1, -0.05) is 24.8 Å². The topological polar surface area (TPSA) is 79.5 Å². The van der Waals surface area contributed by atoms with Crippen molar-refractivity contribution in [3.05, 3.63) is 59.2 Å². The Bertz CT molecular complexity index is 1920. The molecule has 3 aliphatic heterocycles. The number of carbonyl (C=O) groups is 1. The van der Waals surface area contributed by atoms with Gasteiger partial charge in [0.05, 0.1) is 28.8 Å². The monoisotopic (exact) mass is 637 g/mol. The fourth-order valence-electron chi connectivity index (χ4n) is 7.08. The second-order valence-corrected chi connectivity index (χ2v) is 13.3. The van der Waals surface area contributed by atoms with Crippen LogP contribution in [0.2, 0.25) is 0 Å². The van der Waals surface area contributed by atoms with E-state index < -0.39 is 17.4 Å².